The van der Waals surface area contributed by atoms with Crippen LogP contribution < -0.4 is 0 Å². The molecule has 1 aromatic carbocycles. The lowest BCUT2D eigenvalue weighted by atomic mass is 9.77. The van der Waals surface area contributed by atoms with Gasteiger partial charge >= 0.3 is 0 Å². The van der Waals surface area contributed by atoms with E-state index in [0.717, 1.165) is 0 Å². The van der Waals surface area contributed by atoms with E-state index < -0.39 is 11.6 Å². The van der Waals surface area contributed by atoms with Gasteiger partial charge in [-0.25, -0.2) is 0 Å². The lowest BCUT2D eigenvalue weighted by Gasteiger charge is -2.30. The molecule has 0 atom stereocenters. The fourth-order valence-electron chi connectivity index (χ4n) is 2.39. The third-order valence-corrected chi connectivity index (χ3v) is 3.24. The maximum absolute atomic E-state index is 12.2. The number of aliphatic hydroxyl groups is 2. The number of hydrogen-bond acceptors (Lipinski definition) is 4. The zero-order valence-electron chi connectivity index (χ0n) is 9.38. The Balaban J connectivity index is 2.30. The fourth-order valence-corrected chi connectivity index (χ4v) is 2.39. The van der Waals surface area contributed by atoms with E-state index in [1.54, 1.807) is 18.2 Å². The van der Waals surface area contributed by atoms with Crippen LogP contribution in [0, 0.1) is 0 Å². The van der Waals surface area contributed by atoms with Gasteiger partial charge in [-0.1, -0.05) is 36.4 Å². The highest BCUT2D eigenvalue weighted by Gasteiger charge is 2.43. The number of benzene rings is 1. The van der Waals surface area contributed by atoms with Crippen molar-refractivity contribution in [2.75, 3.05) is 0 Å². The second kappa shape index (κ2) is 3.48. The van der Waals surface area contributed by atoms with Gasteiger partial charge in [0.15, 0.2) is 17.4 Å². The standard InChI is InChI=1S/C14H10O4/c15-12-8-4-1-2-5-9(8)13(16)11-10(12)6-3-7-14(11,17)18/h1-6,17-18H,7H2. The third-order valence-electron chi connectivity index (χ3n) is 3.24. The summed E-state index contributed by atoms with van der Waals surface area (Å²) in [6.45, 7) is 0. The minimum absolute atomic E-state index is 0.0787. The van der Waals surface area contributed by atoms with Crippen LogP contribution in [0.2, 0.25) is 0 Å². The molecule has 3 rings (SSSR count). The van der Waals surface area contributed by atoms with Gasteiger partial charge in [-0.2, -0.15) is 0 Å². The van der Waals surface area contributed by atoms with Crippen molar-refractivity contribution in [2.24, 2.45) is 0 Å². The van der Waals surface area contributed by atoms with Gasteiger partial charge in [0.05, 0.1) is 5.57 Å². The molecule has 0 amide bonds. The molecule has 2 N–H and O–H groups in total. The highest BCUT2D eigenvalue weighted by atomic mass is 16.5. The molecule has 0 spiro atoms. The van der Waals surface area contributed by atoms with Gasteiger partial charge in [0.25, 0.3) is 0 Å². The van der Waals surface area contributed by atoms with Crippen LogP contribution in [-0.4, -0.2) is 27.6 Å². The van der Waals surface area contributed by atoms with E-state index in [-0.39, 0.29) is 28.9 Å². The second-order valence-corrected chi connectivity index (χ2v) is 4.42. The number of hydrogen-bond donors (Lipinski definition) is 2. The number of Topliss-reactive ketones (excluding diaryl/α,β-unsaturated/α-hetero) is 2. The Morgan fingerprint density at radius 1 is 1.00 bits per heavy atom. The molecule has 0 fully saturated rings. The summed E-state index contributed by atoms with van der Waals surface area (Å²) >= 11 is 0. The van der Waals surface area contributed by atoms with E-state index in [2.05, 4.69) is 0 Å². The minimum atomic E-state index is -2.26. The zero-order chi connectivity index (χ0) is 12.9. The molecule has 90 valence electrons. The molecule has 0 aliphatic heterocycles. The molecule has 0 aromatic heterocycles. The molecular weight excluding hydrogens is 232 g/mol. The number of carbonyl (C=O) groups is 2. The Bertz CT molecular complexity index is 635. The Hall–Kier alpha value is -2.04. The molecule has 4 nitrogen and oxygen atoms in total. The predicted molar refractivity (Wildman–Crippen MR) is 63.1 cm³/mol. The number of allylic oxidation sites excluding steroid dienone is 2. The van der Waals surface area contributed by atoms with Crippen molar-refractivity contribution in [2.45, 2.75) is 12.2 Å². The van der Waals surface area contributed by atoms with Gasteiger partial charge in [-0.05, 0) is 0 Å². The molecule has 0 saturated carbocycles. The molecule has 18 heavy (non-hydrogen) atoms. The smallest absolute Gasteiger partial charge is 0.197 e. The van der Waals surface area contributed by atoms with Crippen molar-refractivity contribution in [1.29, 1.82) is 0 Å². The molecule has 0 heterocycles. The van der Waals surface area contributed by atoms with Gasteiger partial charge in [-0.3, -0.25) is 9.59 Å². The first-order valence-corrected chi connectivity index (χ1v) is 5.57. The maximum atomic E-state index is 12.2. The molecule has 0 unspecified atom stereocenters. The summed E-state index contributed by atoms with van der Waals surface area (Å²) in [5.74, 6) is -3.09. The summed E-state index contributed by atoms with van der Waals surface area (Å²) in [6.07, 6.45) is 2.88. The van der Waals surface area contributed by atoms with Crippen LogP contribution in [0.3, 0.4) is 0 Å². The quantitative estimate of drug-likeness (QED) is 0.666. The van der Waals surface area contributed by atoms with Crippen molar-refractivity contribution in [1.82, 2.24) is 0 Å². The lowest BCUT2D eigenvalue weighted by Crippen LogP contribution is -2.40. The van der Waals surface area contributed by atoms with Crippen molar-refractivity contribution in [3.8, 4) is 0 Å². The number of carbonyl (C=O) groups excluding carboxylic acids is 2. The van der Waals surface area contributed by atoms with E-state index in [4.69, 9.17) is 0 Å². The maximum Gasteiger partial charge on any atom is 0.197 e. The van der Waals surface area contributed by atoms with Crippen LogP contribution in [0.25, 0.3) is 0 Å². The van der Waals surface area contributed by atoms with E-state index in [1.807, 2.05) is 0 Å². The predicted octanol–water partition coefficient (Wildman–Crippen LogP) is 1.00. The molecule has 1 aromatic rings. The molecule has 2 aliphatic rings. The SMILES string of the molecule is O=C1C2=C(C(=O)c3ccccc31)C(O)(O)CC=C2. The van der Waals surface area contributed by atoms with Crippen LogP contribution in [0.5, 0.6) is 0 Å². The van der Waals surface area contributed by atoms with E-state index >= 15 is 0 Å². The first-order valence-electron chi connectivity index (χ1n) is 5.57. The monoisotopic (exact) mass is 242 g/mol. The summed E-state index contributed by atoms with van der Waals surface area (Å²) in [6, 6.07) is 6.41. The molecule has 0 saturated heterocycles. The summed E-state index contributed by atoms with van der Waals surface area (Å²) in [7, 11) is 0. The Morgan fingerprint density at radius 2 is 1.61 bits per heavy atom. The van der Waals surface area contributed by atoms with Crippen molar-refractivity contribution in [3.05, 3.63) is 58.7 Å². The van der Waals surface area contributed by atoms with Crippen molar-refractivity contribution < 1.29 is 19.8 Å². The molecule has 0 bridgehead atoms. The number of fused-ring (bicyclic) bond motifs is 1. The Morgan fingerprint density at radius 3 is 2.28 bits per heavy atom. The fraction of sp³-hybridized carbons (Fsp3) is 0.143. The Kier molecular flexibility index (Phi) is 2.14. The molecule has 0 radical (unpaired) electrons. The zero-order valence-corrected chi connectivity index (χ0v) is 9.38. The number of rotatable bonds is 0. The Labute approximate surface area is 103 Å². The summed E-state index contributed by atoms with van der Waals surface area (Å²) in [5.41, 5.74) is 0.399. The van der Waals surface area contributed by atoms with Gasteiger partial charge in [-0.15, -0.1) is 0 Å². The van der Waals surface area contributed by atoms with E-state index in [1.165, 1.54) is 18.2 Å². The lowest BCUT2D eigenvalue weighted by molar-refractivity contribution is -0.123. The second-order valence-electron chi connectivity index (χ2n) is 4.42. The highest BCUT2D eigenvalue weighted by Crippen LogP contribution is 2.36. The van der Waals surface area contributed by atoms with Gasteiger partial charge in [0.1, 0.15) is 0 Å². The van der Waals surface area contributed by atoms with Gasteiger partial charge in [0, 0.05) is 23.1 Å². The highest BCUT2D eigenvalue weighted by molar-refractivity contribution is 6.28. The molecule has 2 aliphatic carbocycles. The first kappa shape index (κ1) is 11.1. The normalized spacial score (nSPS) is 20.8. The average molecular weight is 242 g/mol. The summed E-state index contributed by atoms with van der Waals surface area (Å²) in [4.78, 5) is 24.4. The summed E-state index contributed by atoms with van der Waals surface area (Å²) < 4.78 is 0. The third kappa shape index (κ3) is 1.33. The van der Waals surface area contributed by atoms with Crippen LogP contribution in [0.1, 0.15) is 27.1 Å². The van der Waals surface area contributed by atoms with E-state index in [0.29, 0.717) is 5.56 Å². The van der Waals surface area contributed by atoms with E-state index in [9.17, 15) is 19.8 Å². The summed E-state index contributed by atoms with van der Waals surface area (Å²) in [5, 5.41) is 19.7. The van der Waals surface area contributed by atoms with Crippen molar-refractivity contribution in [3.63, 3.8) is 0 Å². The first-order chi connectivity index (χ1) is 8.52. The topological polar surface area (TPSA) is 74.6 Å². The van der Waals surface area contributed by atoms with Gasteiger partial charge in [0.2, 0.25) is 0 Å². The van der Waals surface area contributed by atoms with Crippen LogP contribution in [0.4, 0.5) is 0 Å². The average Bonchev–Trinajstić information content (AvgIpc) is 2.35. The molecule has 4 heteroatoms. The minimum Gasteiger partial charge on any atom is -0.362 e. The van der Waals surface area contributed by atoms with Gasteiger partial charge < -0.3 is 10.2 Å². The van der Waals surface area contributed by atoms with Crippen LogP contribution >= 0.6 is 0 Å². The van der Waals surface area contributed by atoms with Crippen molar-refractivity contribution >= 4 is 11.6 Å². The van der Waals surface area contributed by atoms with Crippen LogP contribution in [-0.2, 0) is 0 Å². The van der Waals surface area contributed by atoms with Crippen LogP contribution in [0.15, 0.2) is 47.6 Å². The largest absolute Gasteiger partial charge is 0.362 e. The molecular formula is C14H10O4. The number of ketones is 2.